The molecule has 3 aromatic carbocycles. The van der Waals surface area contributed by atoms with Crippen LogP contribution in [0.1, 0.15) is 17.5 Å². The number of hydrogen-bond donors (Lipinski definition) is 1. The molecule has 39 heavy (non-hydrogen) atoms. The summed E-state index contributed by atoms with van der Waals surface area (Å²) in [4.78, 5) is 25.8. The number of carbonyl (C=O) groups excluding carboxylic acids is 1. The zero-order chi connectivity index (χ0) is 27.4. The quantitative estimate of drug-likeness (QED) is 0.181. The van der Waals surface area contributed by atoms with Gasteiger partial charge in [0.15, 0.2) is 0 Å². The normalized spacial score (nSPS) is 14.3. The summed E-state index contributed by atoms with van der Waals surface area (Å²) in [6, 6.07) is 24.8. The number of ether oxygens (including phenoxy) is 1. The number of amides is 1. The van der Waals surface area contributed by atoms with Crippen molar-refractivity contribution in [2.24, 2.45) is 0 Å². The molecule has 0 bridgehead atoms. The van der Waals surface area contributed by atoms with E-state index in [1.165, 1.54) is 4.90 Å². The summed E-state index contributed by atoms with van der Waals surface area (Å²) in [5.74, 6) is -0.617. The number of halogens is 1. The Morgan fingerprint density at radius 1 is 1.05 bits per heavy atom. The third kappa shape index (κ3) is 6.22. The predicted molar refractivity (Wildman–Crippen MR) is 157 cm³/mol. The van der Waals surface area contributed by atoms with Gasteiger partial charge >= 0.3 is 5.97 Å². The maximum Gasteiger partial charge on any atom is 0.305 e. The molecule has 1 amide bonds. The van der Waals surface area contributed by atoms with Gasteiger partial charge in [-0.3, -0.25) is 14.5 Å². The molecule has 0 radical (unpaired) electrons. The molecule has 1 N–H and O–H groups in total. The predicted octanol–water partition coefficient (Wildman–Crippen LogP) is 6.45. The summed E-state index contributed by atoms with van der Waals surface area (Å²) in [5, 5.41) is 14.5. The number of thiocarbonyl (C=S) groups is 1. The highest BCUT2D eigenvalue weighted by molar-refractivity contribution is 8.26. The molecule has 1 saturated heterocycles. The molecular weight excluding hydrogens is 554 g/mol. The third-order valence-corrected chi connectivity index (χ3v) is 7.70. The van der Waals surface area contributed by atoms with Crippen LogP contribution in [0.15, 0.2) is 90.0 Å². The Balaban J connectivity index is 1.44. The first-order valence-corrected chi connectivity index (χ1v) is 13.6. The van der Waals surface area contributed by atoms with E-state index in [9.17, 15) is 9.59 Å². The number of carbonyl (C=O) groups is 2. The zero-order valence-electron chi connectivity index (χ0n) is 20.5. The summed E-state index contributed by atoms with van der Waals surface area (Å²) in [7, 11) is 0. The van der Waals surface area contributed by atoms with Crippen molar-refractivity contribution in [2.75, 3.05) is 6.54 Å². The maximum atomic E-state index is 13.0. The van der Waals surface area contributed by atoms with Crippen LogP contribution in [0.4, 0.5) is 0 Å². The van der Waals surface area contributed by atoms with Crippen LogP contribution in [-0.2, 0) is 16.2 Å². The van der Waals surface area contributed by atoms with E-state index in [1.807, 2.05) is 85.1 Å². The molecule has 10 heteroatoms. The van der Waals surface area contributed by atoms with Crippen LogP contribution in [0.2, 0.25) is 5.02 Å². The smallest absolute Gasteiger partial charge is 0.305 e. The second-order valence-electron chi connectivity index (χ2n) is 8.59. The Bertz CT molecular complexity index is 1570. The van der Waals surface area contributed by atoms with E-state index in [2.05, 4.69) is 0 Å². The lowest BCUT2D eigenvalue weighted by atomic mass is 10.1. The molecule has 0 saturated carbocycles. The third-order valence-electron chi connectivity index (χ3n) is 5.95. The number of carboxylic acids is 1. The monoisotopic (exact) mass is 575 g/mol. The Morgan fingerprint density at radius 3 is 2.49 bits per heavy atom. The Morgan fingerprint density at radius 2 is 1.77 bits per heavy atom. The Labute approximate surface area is 239 Å². The average molecular weight is 576 g/mol. The first-order valence-electron chi connectivity index (χ1n) is 12.0. The summed E-state index contributed by atoms with van der Waals surface area (Å²) in [6.45, 7) is 0.375. The fourth-order valence-electron chi connectivity index (χ4n) is 3.96. The minimum atomic E-state index is -0.987. The summed E-state index contributed by atoms with van der Waals surface area (Å²) in [6.07, 6.45) is 3.43. The molecule has 0 unspecified atom stereocenters. The number of hydrogen-bond acceptors (Lipinski definition) is 6. The van der Waals surface area contributed by atoms with Gasteiger partial charge in [-0.1, -0.05) is 72.0 Å². The van der Waals surface area contributed by atoms with E-state index < -0.39 is 5.97 Å². The molecule has 7 nitrogen and oxygen atoms in total. The summed E-state index contributed by atoms with van der Waals surface area (Å²) in [5.41, 5.74) is 4.00. The minimum absolute atomic E-state index is 0.0309. The number of para-hydroxylation sites is 1. The number of benzene rings is 3. The fraction of sp³-hybridized carbons (Fsp3) is 0.103. The first kappa shape index (κ1) is 26.7. The highest BCUT2D eigenvalue weighted by Crippen LogP contribution is 2.35. The van der Waals surface area contributed by atoms with Gasteiger partial charge < -0.3 is 9.84 Å². The molecule has 0 atom stereocenters. The van der Waals surface area contributed by atoms with Crippen molar-refractivity contribution in [1.82, 2.24) is 14.7 Å². The largest absolute Gasteiger partial charge is 0.489 e. The Hall–Kier alpha value is -3.92. The van der Waals surface area contributed by atoms with Crippen LogP contribution in [0.25, 0.3) is 23.0 Å². The molecule has 1 aliphatic heterocycles. The van der Waals surface area contributed by atoms with Gasteiger partial charge in [0.05, 0.1) is 22.7 Å². The molecule has 2 heterocycles. The van der Waals surface area contributed by atoms with Gasteiger partial charge in [0, 0.05) is 34.5 Å². The second kappa shape index (κ2) is 11.9. The first-order chi connectivity index (χ1) is 18.9. The van der Waals surface area contributed by atoms with Crippen LogP contribution in [-0.4, -0.2) is 42.5 Å². The lowest BCUT2D eigenvalue weighted by Crippen LogP contribution is -2.30. The number of aromatic nitrogens is 2. The molecule has 196 valence electrons. The number of aliphatic carboxylic acids is 1. The SMILES string of the molecule is O=C(O)CCN1C(=O)C(=Cc2cn(-c3ccccc3)nc2-c2ccc(OCc3ccccc3Cl)cc2)SC1=S. The lowest BCUT2D eigenvalue weighted by Gasteiger charge is -2.12. The van der Waals surface area contributed by atoms with Crippen molar-refractivity contribution >= 4 is 57.9 Å². The number of carboxylic acid groups (broad SMARTS) is 1. The summed E-state index contributed by atoms with van der Waals surface area (Å²) >= 11 is 12.7. The molecular formula is C29H22ClN3O4S2. The molecule has 1 aromatic heterocycles. The lowest BCUT2D eigenvalue weighted by molar-refractivity contribution is -0.137. The van der Waals surface area contributed by atoms with Gasteiger partial charge in [-0.15, -0.1) is 0 Å². The van der Waals surface area contributed by atoms with Crippen LogP contribution < -0.4 is 4.74 Å². The molecule has 0 spiro atoms. The fourth-order valence-corrected chi connectivity index (χ4v) is 5.45. The summed E-state index contributed by atoms with van der Waals surface area (Å²) < 4.78 is 8.02. The number of rotatable bonds is 9. The van der Waals surface area contributed by atoms with Crippen molar-refractivity contribution in [3.8, 4) is 22.7 Å². The van der Waals surface area contributed by atoms with E-state index in [0.717, 1.165) is 34.1 Å². The molecule has 4 aromatic rings. The van der Waals surface area contributed by atoms with Gasteiger partial charge in [0.1, 0.15) is 16.7 Å². The average Bonchev–Trinajstić information content (AvgIpc) is 3.48. The number of thioether (sulfide) groups is 1. The van der Waals surface area contributed by atoms with E-state index >= 15 is 0 Å². The van der Waals surface area contributed by atoms with Crippen molar-refractivity contribution in [3.63, 3.8) is 0 Å². The standard InChI is InChI=1S/C29H22ClN3O4S2/c30-24-9-5-4-6-20(24)18-37-23-12-10-19(11-13-23)27-21(17-33(31-27)22-7-2-1-3-8-22)16-25-28(36)32(29(38)39-25)15-14-26(34)35/h1-13,16-17H,14-15,18H2,(H,34,35). The topological polar surface area (TPSA) is 84.7 Å². The van der Waals surface area contributed by atoms with Crippen LogP contribution in [0.3, 0.4) is 0 Å². The number of nitrogens with zero attached hydrogens (tertiary/aromatic N) is 3. The van der Waals surface area contributed by atoms with Gasteiger partial charge in [-0.05, 0) is 48.5 Å². The van der Waals surface area contributed by atoms with Gasteiger partial charge in [-0.25, -0.2) is 4.68 Å². The van der Waals surface area contributed by atoms with E-state index in [4.69, 9.17) is 38.8 Å². The van der Waals surface area contributed by atoms with Crippen molar-refractivity contribution in [1.29, 1.82) is 0 Å². The van der Waals surface area contributed by atoms with Crippen molar-refractivity contribution in [2.45, 2.75) is 13.0 Å². The second-order valence-corrected chi connectivity index (χ2v) is 10.7. The van der Waals surface area contributed by atoms with E-state index in [1.54, 1.807) is 10.8 Å². The van der Waals surface area contributed by atoms with E-state index in [0.29, 0.717) is 32.3 Å². The van der Waals surface area contributed by atoms with Crippen LogP contribution in [0, 0.1) is 0 Å². The van der Waals surface area contributed by atoms with Crippen LogP contribution >= 0.6 is 35.6 Å². The van der Waals surface area contributed by atoms with Crippen molar-refractivity contribution < 1.29 is 19.4 Å². The van der Waals surface area contributed by atoms with Gasteiger partial charge in [-0.2, -0.15) is 5.10 Å². The minimum Gasteiger partial charge on any atom is -0.489 e. The highest BCUT2D eigenvalue weighted by Gasteiger charge is 2.32. The zero-order valence-corrected chi connectivity index (χ0v) is 22.9. The molecule has 1 aliphatic rings. The molecule has 0 aliphatic carbocycles. The molecule has 1 fully saturated rings. The van der Waals surface area contributed by atoms with Gasteiger partial charge in [0.2, 0.25) is 0 Å². The Kier molecular flexibility index (Phi) is 8.11. The molecule has 5 rings (SSSR count). The highest BCUT2D eigenvalue weighted by atomic mass is 35.5. The van der Waals surface area contributed by atoms with Crippen LogP contribution in [0.5, 0.6) is 5.75 Å². The van der Waals surface area contributed by atoms with Gasteiger partial charge in [0.25, 0.3) is 5.91 Å². The maximum absolute atomic E-state index is 13.0. The van der Waals surface area contributed by atoms with Crippen molar-refractivity contribution in [3.05, 3.63) is 106 Å². The van der Waals surface area contributed by atoms with E-state index in [-0.39, 0.29) is 18.9 Å².